The molecule has 1 atom stereocenters. The highest BCUT2D eigenvalue weighted by atomic mass is 79.9. The first-order valence-corrected chi connectivity index (χ1v) is 16.3. The molecule has 1 aliphatic rings. The molecule has 1 amide bonds. The second kappa shape index (κ2) is 13.7. The van der Waals surface area contributed by atoms with Crippen molar-refractivity contribution in [3.8, 4) is 5.75 Å². The van der Waals surface area contributed by atoms with Gasteiger partial charge in [-0.15, -0.1) is 10.2 Å². The van der Waals surface area contributed by atoms with Crippen LogP contribution in [-0.2, 0) is 15.3 Å². The van der Waals surface area contributed by atoms with E-state index in [-0.39, 0.29) is 11.3 Å². The minimum atomic E-state index is -0.884. The lowest BCUT2D eigenvalue weighted by atomic mass is 9.95. The largest absolute Gasteiger partial charge is 0.507 e. The van der Waals surface area contributed by atoms with Crippen molar-refractivity contribution in [3.63, 3.8) is 0 Å². The molecule has 42 heavy (non-hydrogen) atoms. The van der Waals surface area contributed by atoms with E-state index in [2.05, 4.69) is 57.3 Å². The first-order chi connectivity index (χ1) is 20.4. The number of carbonyl (C=O) groups is 2. The zero-order valence-electron chi connectivity index (χ0n) is 23.2. The van der Waals surface area contributed by atoms with Crippen LogP contribution in [0.4, 0.5) is 5.13 Å². The van der Waals surface area contributed by atoms with E-state index < -0.39 is 17.7 Å². The lowest BCUT2D eigenvalue weighted by Crippen LogP contribution is -2.29. The van der Waals surface area contributed by atoms with Gasteiger partial charge in [0.05, 0.1) is 18.2 Å². The Morgan fingerprint density at radius 1 is 1.00 bits per heavy atom. The number of aliphatic hydroxyl groups excluding tert-OH is 1. The van der Waals surface area contributed by atoms with E-state index in [0.29, 0.717) is 38.7 Å². The van der Waals surface area contributed by atoms with Crippen molar-refractivity contribution >= 4 is 61.6 Å². The maximum atomic E-state index is 13.5. The van der Waals surface area contributed by atoms with Gasteiger partial charge in [0.2, 0.25) is 5.13 Å². The van der Waals surface area contributed by atoms with Gasteiger partial charge in [-0.3, -0.25) is 14.5 Å². The molecule has 0 spiro atoms. The van der Waals surface area contributed by atoms with Crippen LogP contribution in [0.3, 0.4) is 0 Å². The molecule has 1 fully saturated rings. The van der Waals surface area contributed by atoms with Crippen molar-refractivity contribution in [1.29, 1.82) is 0 Å². The highest BCUT2D eigenvalue weighted by Gasteiger charge is 2.48. The minimum absolute atomic E-state index is 0.00277. The molecule has 1 saturated heterocycles. The monoisotopic (exact) mass is 663 g/mol. The lowest BCUT2D eigenvalue weighted by molar-refractivity contribution is -0.132. The van der Waals surface area contributed by atoms with Crippen LogP contribution < -0.4 is 9.64 Å². The summed E-state index contributed by atoms with van der Waals surface area (Å²) in [6, 6.07) is 21.6. The molecule has 216 valence electrons. The number of hydrogen-bond acceptors (Lipinski definition) is 8. The zero-order chi connectivity index (χ0) is 29.6. The summed E-state index contributed by atoms with van der Waals surface area (Å²) in [4.78, 5) is 28.3. The molecule has 0 aliphatic carbocycles. The van der Waals surface area contributed by atoms with Gasteiger partial charge in [0, 0.05) is 15.8 Å². The number of unbranched alkanes of at least 4 members (excludes halogenated alkanes) is 2. The molecule has 3 aromatic carbocycles. The quantitative estimate of drug-likeness (QED) is 0.0433. The van der Waals surface area contributed by atoms with E-state index in [9.17, 15) is 14.7 Å². The van der Waals surface area contributed by atoms with E-state index in [0.717, 1.165) is 29.3 Å². The van der Waals surface area contributed by atoms with Gasteiger partial charge in [-0.2, -0.15) is 0 Å². The third-order valence-electron chi connectivity index (χ3n) is 6.86. The number of aliphatic hydroxyl groups is 1. The van der Waals surface area contributed by atoms with Gasteiger partial charge in [0.25, 0.3) is 5.78 Å². The van der Waals surface area contributed by atoms with Crippen LogP contribution in [0.15, 0.2) is 87.2 Å². The average Bonchev–Trinajstić information content (AvgIpc) is 3.57. The van der Waals surface area contributed by atoms with Gasteiger partial charge in [-0.25, -0.2) is 0 Å². The molecular formula is C32H30BrN3O4S2. The van der Waals surface area contributed by atoms with Crippen molar-refractivity contribution in [1.82, 2.24) is 10.2 Å². The molecule has 0 radical (unpaired) electrons. The molecule has 0 saturated carbocycles. The number of thioether (sulfide) groups is 1. The Morgan fingerprint density at radius 2 is 1.71 bits per heavy atom. The van der Waals surface area contributed by atoms with Crippen molar-refractivity contribution in [2.24, 2.45) is 0 Å². The topological polar surface area (TPSA) is 92.6 Å². The number of anilines is 1. The zero-order valence-corrected chi connectivity index (χ0v) is 26.5. The van der Waals surface area contributed by atoms with E-state index in [4.69, 9.17) is 4.74 Å². The second-order valence-electron chi connectivity index (χ2n) is 9.93. The number of amides is 1. The smallest absolute Gasteiger partial charge is 0.301 e. The van der Waals surface area contributed by atoms with Crippen LogP contribution in [0.2, 0.25) is 0 Å². The van der Waals surface area contributed by atoms with Gasteiger partial charge in [0.15, 0.2) is 4.34 Å². The number of rotatable bonds is 11. The summed E-state index contributed by atoms with van der Waals surface area (Å²) in [6.45, 7) is 4.80. The number of benzene rings is 3. The Bertz CT molecular complexity index is 1590. The molecule has 4 aromatic rings. The minimum Gasteiger partial charge on any atom is -0.507 e. The highest BCUT2D eigenvalue weighted by Crippen LogP contribution is 2.44. The molecule has 0 bridgehead atoms. The van der Waals surface area contributed by atoms with Crippen LogP contribution in [0, 0.1) is 6.92 Å². The summed E-state index contributed by atoms with van der Waals surface area (Å²) in [5.74, 6) is -0.383. The number of aromatic nitrogens is 2. The highest BCUT2D eigenvalue weighted by molar-refractivity contribution is 9.10. The fourth-order valence-corrected chi connectivity index (χ4v) is 6.67. The van der Waals surface area contributed by atoms with Crippen LogP contribution in [0.1, 0.15) is 54.5 Å². The van der Waals surface area contributed by atoms with Crippen molar-refractivity contribution in [2.45, 2.75) is 49.2 Å². The molecule has 2 heterocycles. The van der Waals surface area contributed by atoms with Crippen LogP contribution in [-0.4, -0.2) is 33.6 Å². The molecule has 1 aliphatic heterocycles. The maximum Gasteiger partial charge on any atom is 0.301 e. The number of aryl methyl sites for hydroxylation is 1. The Balaban J connectivity index is 1.48. The Morgan fingerprint density at radius 3 is 2.40 bits per heavy atom. The average molecular weight is 665 g/mol. The van der Waals surface area contributed by atoms with E-state index in [1.807, 2.05) is 31.2 Å². The predicted molar refractivity (Wildman–Crippen MR) is 171 cm³/mol. The first-order valence-electron chi connectivity index (χ1n) is 13.7. The Kier molecular flexibility index (Phi) is 9.76. The summed E-state index contributed by atoms with van der Waals surface area (Å²) in [5.41, 5.74) is 3.43. The predicted octanol–water partition coefficient (Wildman–Crippen LogP) is 8.10. The molecule has 1 aromatic heterocycles. The Labute approximate surface area is 261 Å². The van der Waals surface area contributed by atoms with Gasteiger partial charge in [-0.1, -0.05) is 113 Å². The summed E-state index contributed by atoms with van der Waals surface area (Å²) < 4.78 is 7.38. The van der Waals surface area contributed by atoms with Crippen molar-refractivity contribution < 1.29 is 19.4 Å². The number of ketones is 1. The fourth-order valence-electron chi connectivity index (χ4n) is 4.58. The van der Waals surface area contributed by atoms with Crippen LogP contribution in [0.25, 0.3) is 5.76 Å². The summed E-state index contributed by atoms with van der Waals surface area (Å²) in [7, 11) is 0. The first kappa shape index (κ1) is 30.0. The standard InChI is InChI=1S/C32H30BrN3O4S2/c1-3-4-5-18-40-25-16-12-22(13-17-25)27-26(28(37)23-10-14-24(33)15-11-23)29(38)30(39)36(27)31-34-35-32(42-31)41-19-21-8-6-20(2)7-9-21/h6-17,27,37H,3-5,18-19H2,1-2H3/b28-26-. The number of halogens is 1. The molecule has 1 unspecified atom stereocenters. The lowest BCUT2D eigenvalue weighted by Gasteiger charge is -2.22. The third kappa shape index (κ3) is 6.77. The SMILES string of the molecule is CCCCCOc1ccc(C2/C(=C(/O)c3ccc(Br)cc3)C(=O)C(=O)N2c2nnc(SCc3ccc(C)cc3)s2)cc1. The summed E-state index contributed by atoms with van der Waals surface area (Å²) in [5, 5.41) is 20.3. The van der Waals surface area contributed by atoms with Crippen LogP contribution in [0.5, 0.6) is 5.75 Å². The molecule has 7 nitrogen and oxygen atoms in total. The summed E-state index contributed by atoms with van der Waals surface area (Å²) in [6.07, 6.45) is 3.17. The number of Topliss-reactive ketones (excluding diaryl/α,β-unsaturated/α-hetero) is 1. The molecular weight excluding hydrogens is 634 g/mol. The maximum absolute atomic E-state index is 13.5. The van der Waals surface area contributed by atoms with Gasteiger partial charge < -0.3 is 9.84 Å². The van der Waals surface area contributed by atoms with E-state index >= 15 is 0 Å². The molecule has 1 N–H and O–H groups in total. The van der Waals surface area contributed by atoms with E-state index in [1.54, 1.807) is 24.3 Å². The third-order valence-corrected chi connectivity index (χ3v) is 9.52. The number of ether oxygens (including phenoxy) is 1. The Hall–Kier alpha value is -3.47. The normalized spacial score (nSPS) is 16.3. The summed E-state index contributed by atoms with van der Waals surface area (Å²) >= 11 is 6.16. The number of nitrogens with zero attached hydrogens (tertiary/aromatic N) is 3. The van der Waals surface area contributed by atoms with Crippen molar-refractivity contribution in [3.05, 3.63) is 105 Å². The van der Waals surface area contributed by atoms with Crippen molar-refractivity contribution in [2.75, 3.05) is 11.5 Å². The second-order valence-corrected chi connectivity index (χ2v) is 13.0. The van der Waals surface area contributed by atoms with E-state index in [1.165, 1.54) is 33.6 Å². The number of carbonyl (C=O) groups excluding carboxylic acids is 2. The van der Waals surface area contributed by atoms with Crippen LogP contribution >= 0.6 is 39.0 Å². The molecule has 5 rings (SSSR count). The number of hydrogen-bond donors (Lipinski definition) is 1. The van der Waals surface area contributed by atoms with Gasteiger partial charge in [-0.05, 0) is 48.7 Å². The fraction of sp³-hybridized carbons (Fsp3) is 0.250. The molecule has 10 heteroatoms. The van der Waals surface area contributed by atoms with Gasteiger partial charge in [0.1, 0.15) is 11.5 Å². The van der Waals surface area contributed by atoms with Gasteiger partial charge >= 0.3 is 5.91 Å².